The highest BCUT2D eigenvalue weighted by Crippen LogP contribution is 2.50. The molecule has 1 aromatic rings. The largest absolute Gasteiger partial charge is 0.314 e. The Bertz CT molecular complexity index is 313. The van der Waals surface area contributed by atoms with E-state index < -0.39 is 0 Å². The smallest absolute Gasteiger partial charge is 0.0101 e. The predicted octanol–water partition coefficient (Wildman–Crippen LogP) is 2.93. The van der Waals surface area contributed by atoms with Crippen LogP contribution < -0.4 is 5.32 Å². The van der Waals surface area contributed by atoms with Gasteiger partial charge in [-0.2, -0.15) is 0 Å². The van der Waals surface area contributed by atoms with Gasteiger partial charge in [-0.3, -0.25) is 0 Å². The first-order valence-electron chi connectivity index (χ1n) is 6.23. The van der Waals surface area contributed by atoms with Gasteiger partial charge in [0.05, 0.1) is 0 Å². The van der Waals surface area contributed by atoms with Crippen molar-refractivity contribution < 1.29 is 0 Å². The topological polar surface area (TPSA) is 12.0 Å². The van der Waals surface area contributed by atoms with Crippen LogP contribution in [-0.4, -0.2) is 12.6 Å². The van der Waals surface area contributed by atoms with Gasteiger partial charge in [0.1, 0.15) is 0 Å². The molecule has 1 nitrogen and oxygen atoms in total. The van der Waals surface area contributed by atoms with Gasteiger partial charge < -0.3 is 5.32 Å². The first kappa shape index (κ1) is 9.41. The van der Waals surface area contributed by atoms with Crippen molar-refractivity contribution in [2.45, 2.75) is 37.6 Å². The van der Waals surface area contributed by atoms with E-state index in [0.717, 1.165) is 17.9 Å². The van der Waals surface area contributed by atoms with Crippen molar-refractivity contribution in [1.29, 1.82) is 0 Å². The molecule has 1 saturated carbocycles. The maximum atomic E-state index is 3.68. The molecule has 0 bridgehead atoms. The van der Waals surface area contributed by atoms with Gasteiger partial charge in [0.25, 0.3) is 0 Å². The summed E-state index contributed by atoms with van der Waals surface area (Å²) >= 11 is 0. The van der Waals surface area contributed by atoms with Crippen molar-refractivity contribution in [2.75, 3.05) is 6.54 Å². The summed E-state index contributed by atoms with van der Waals surface area (Å²) in [6.07, 6.45) is 5.60. The zero-order valence-corrected chi connectivity index (χ0v) is 9.15. The maximum Gasteiger partial charge on any atom is 0.0101 e. The second-order valence-electron chi connectivity index (χ2n) is 4.97. The standard InChI is InChI=1S/C14H19N/c1-2-6-11(7-3-1)12-10-13(12)14-8-4-5-9-15-14/h1-3,6-7,12-15H,4-5,8-10H2. The Hall–Kier alpha value is -0.820. The summed E-state index contributed by atoms with van der Waals surface area (Å²) in [6, 6.07) is 11.8. The molecule has 1 aromatic carbocycles. The quantitative estimate of drug-likeness (QED) is 0.775. The third kappa shape index (κ3) is 1.93. The van der Waals surface area contributed by atoms with Crippen molar-refractivity contribution >= 4 is 0 Å². The Balaban J connectivity index is 1.64. The van der Waals surface area contributed by atoms with Gasteiger partial charge in [-0.1, -0.05) is 36.8 Å². The van der Waals surface area contributed by atoms with Gasteiger partial charge in [-0.05, 0) is 43.2 Å². The minimum atomic E-state index is 0.809. The molecule has 3 atom stereocenters. The minimum absolute atomic E-state index is 0.809. The van der Waals surface area contributed by atoms with Crippen LogP contribution >= 0.6 is 0 Å². The lowest BCUT2D eigenvalue weighted by Crippen LogP contribution is -2.35. The average molecular weight is 201 g/mol. The van der Waals surface area contributed by atoms with Gasteiger partial charge in [0.15, 0.2) is 0 Å². The van der Waals surface area contributed by atoms with Crippen molar-refractivity contribution in [3.8, 4) is 0 Å². The monoisotopic (exact) mass is 201 g/mol. The van der Waals surface area contributed by atoms with E-state index in [9.17, 15) is 0 Å². The number of hydrogen-bond donors (Lipinski definition) is 1. The molecule has 3 unspecified atom stereocenters. The van der Waals surface area contributed by atoms with E-state index >= 15 is 0 Å². The van der Waals surface area contributed by atoms with Gasteiger partial charge in [-0.25, -0.2) is 0 Å². The van der Waals surface area contributed by atoms with Crippen molar-refractivity contribution in [1.82, 2.24) is 5.32 Å². The van der Waals surface area contributed by atoms with E-state index in [1.165, 1.54) is 32.2 Å². The third-order valence-corrected chi connectivity index (χ3v) is 3.93. The Kier molecular flexibility index (Phi) is 2.49. The summed E-state index contributed by atoms with van der Waals surface area (Å²) in [5, 5.41) is 3.68. The maximum absolute atomic E-state index is 3.68. The predicted molar refractivity (Wildman–Crippen MR) is 62.9 cm³/mol. The minimum Gasteiger partial charge on any atom is -0.314 e. The van der Waals surface area contributed by atoms with Crippen LogP contribution in [0, 0.1) is 5.92 Å². The van der Waals surface area contributed by atoms with Crippen molar-refractivity contribution in [3.63, 3.8) is 0 Å². The fraction of sp³-hybridized carbons (Fsp3) is 0.571. The van der Waals surface area contributed by atoms with Crippen LogP contribution in [0.15, 0.2) is 30.3 Å². The second-order valence-corrected chi connectivity index (χ2v) is 4.97. The zero-order valence-electron chi connectivity index (χ0n) is 9.15. The summed E-state index contributed by atoms with van der Waals surface area (Å²) in [5.74, 6) is 1.77. The fourth-order valence-corrected chi connectivity index (χ4v) is 2.99. The molecule has 3 rings (SSSR count). The van der Waals surface area contributed by atoms with Crippen LogP contribution in [0.3, 0.4) is 0 Å². The van der Waals surface area contributed by atoms with Crippen LogP contribution in [0.1, 0.15) is 37.2 Å². The number of piperidine rings is 1. The molecule has 0 amide bonds. The van der Waals surface area contributed by atoms with E-state index in [2.05, 4.69) is 35.6 Å². The molecule has 1 N–H and O–H groups in total. The first-order chi connectivity index (χ1) is 7.45. The van der Waals surface area contributed by atoms with Crippen molar-refractivity contribution in [2.24, 2.45) is 5.92 Å². The average Bonchev–Trinajstić information content (AvgIpc) is 3.11. The number of nitrogens with one attached hydrogen (secondary N) is 1. The van der Waals surface area contributed by atoms with Gasteiger partial charge in [-0.15, -0.1) is 0 Å². The molecule has 80 valence electrons. The number of hydrogen-bond acceptors (Lipinski definition) is 1. The Morgan fingerprint density at radius 1 is 1.07 bits per heavy atom. The number of rotatable bonds is 2. The molecule has 1 saturated heterocycles. The molecular formula is C14H19N. The van der Waals surface area contributed by atoms with E-state index in [-0.39, 0.29) is 0 Å². The van der Waals surface area contributed by atoms with Crippen molar-refractivity contribution in [3.05, 3.63) is 35.9 Å². The molecule has 0 aromatic heterocycles. The molecule has 1 heterocycles. The molecule has 1 aliphatic heterocycles. The first-order valence-corrected chi connectivity index (χ1v) is 6.23. The summed E-state index contributed by atoms with van der Waals surface area (Å²) in [6.45, 7) is 1.24. The van der Waals surface area contributed by atoms with Crippen LogP contribution in [0.2, 0.25) is 0 Å². The molecule has 2 aliphatic rings. The number of benzene rings is 1. The fourth-order valence-electron chi connectivity index (χ4n) is 2.99. The molecule has 15 heavy (non-hydrogen) atoms. The molecule has 0 radical (unpaired) electrons. The lowest BCUT2D eigenvalue weighted by Gasteiger charge is -2.23. The summed E-state index contributed by atoms with van der Waals surface area (Å²) in [4.78, 5) is 0. The van der Waals surface area contributed by atoms with Gasteiger partial charge >= 0.3 is 0 Å². The highest BCUT2D eigenvalue weighted by atomic mass is 14.9. The highest BCUT2D eigenvalue weighted by Gasteiger charge is 2.43. The van der Waals surface area contributed by atoms with E-state index in [1.807, 2.05) is 0 Å². The zero-order chi connectivity index (χ0) is 10.1. The Morgan fingerprint density at radius 2 is 1.93 bits per heavy atom. The SMILES string of the molecule is c1ccc(C2CC2C2CCCCN2)cc1. The van der Waals surface area contributed by atoms with E-state index in [1.54, 1.807) is 5.56 Å². The summed E-state index contributed by atoms with van der Waals surface area (Å²) in [5.41, 5.74) is 1.55. The van der Waals surface area contributed by atoms with E-state index in [4.69, 9.17) is 0 Å². The lowest BCUT2D eigenvalue weighted by molar-refractivity contribution is 0.364. The lowest BCUT2D eigenvalue weighted by atomic mass is 9.98. The van der Waals surface area contributed by atoms with Gasteiger partial charge in [0.2, 0.25) is 0 Å². The summed E-state index contributed by atoms with van der Waals surface area (Å²) < 4.78 is 0. The normalized spacial score (nSPS) is 35.1. The van der Waals surface area contributed by atoms with E-state index in [0.29, 0.717) is 0 Å². The van der Waals surface area contributed by atoms with Crippen LogP contribution in [0.5, 0.6) is 0 Å². The molecule has 0 spiro atoms. The molecular weight excluding hydrogens is 182 g/mol. The summed E-state index contributed by atoms with van der Waals surface area (Å²) in [7, 11) is 0. The molecule has 1 aliphatic carbocycles. The highest BCUT2D eigenvalue weighted by molar-refractivity contribution is 5.26. The molecule has 1 heteroatoms. The Morgan fingerprint density at radius 3 is 2.67 bits per heavy atom. The van der Waals surface area contributed by atoms with Gasteiger partial charge in [0, 0.05) is 6.04 Å². The van der Waals surface area contributed by atoms with Crippen LogP contribution in [0.4, 0.5) is 0 Å². The van der Waals surface area contributed by atoms with Crippen LogP contribution in [-0.2, 0) is 0 Å². The Labute approximate surface area is 91.9 Å². The third-order valence-electron chi connectivity index (χ3n) is 3.93. The molecule has 2 fully saturated rings. The van der Waals surface area contributed by atoms with Crippen LogP contribution in [0.25, 0.3) is 0 Å². The second kappa shape index (κ2) is 3.97.